The minimum atomic E-state index is -1.17. The van der Waals surface area contributed by atoms with Crippen LogP contribution in [0.5, 0.6) is 0 Å². The van der Waals surface area contributed by atoms with Crippen molar-refractivity contribution in [3.8, 4) is 0 Å². The first-order valence-electron chi connectivity index (χ1n) is 8.49. The second-order valence-corrected chi connectivity index (χ2v) is 6.27. The number of aromatic amines is 2. The first-order valence-corrected chi connectivity index (χ1v) is 8.49. The lowest BCUT2D eigenvalue weighted by Gasteiger charge is -2.23. The van der Waals surface area contributed by atoms with Crippen molar-refractivity contribution < 1.29 is 33.3 Å². The van der Waals surface area contributed by atoms with Gasteiger partial charge in [0.2, 0.25) is 0 Å². The Morgan fingerprint density at radius 2 is 1.72 bits per heavy atom. The number of rotatable bonds is 5. The topological polar surface area (TPSA) is 172 Å². The molecular weight excluding hydrogens is 392 g/mol. The van der Waals surface area contributed by atoms with E-state index in [0.29, 0.717) is 0 Å². The molecule has 1 aliphatic heterocycles. The number of nitrogens with one attached hydrogen (secondary N) is 2. The predicted molar refractivity (Wildman–Crippen MR) is 92.6 cm³/mol. The monoisotopic (exact) mass is 410 g/mol. The van der Waals surface area contributed by atoms with E-state index in [1.807, 2.05) is 4.98 Å². The molecular formula is C16H18N4O9. The standard InChI is InChI=1S/C16H18N4O9/c1-6(21)26-4-9-11(27-7(2)22)12(28-8(3)23)15(29-9)20-5-17-10-13(20)18-16(25)19-14(10)24/h5,9,11-12,15H,4H2,1-3H3,(H2,18,19,24,25)/t9-,11-,12+,15-/m1/s1. The van der Waals surface area contributed by atoms with Gasteiger partial charge in [-0.15, -0.1) is 0 Å². The van der Waals surface area contributed by atoms with Crippen molar-refractivity contribution in [1.29, 1.82) is 0 Å². The van der Waals surface area contributed by atoms with Crippen LogP contribution in [0.3, 0.4) is 0 Å². The first-order chi connectivity index (χ1) is 13.7. The minimum Gasteiger partial charge on any atom is -0.463 e. The summed E-state index contributed by atoms with van der Waals surface area (Å²) >= 11 is 0. The van der Waals surface area contributed by atoms with E-state index in [-0.39, 0.29) is 17.8 Å². The van der Waals surface area contributed by atoms with Crippen LogP contribution >= 0.6 is 0 Å². The van der Waals surface area contributed by atoms with E-state index in [1.54, 1.807) is 0 Å². The van der Waals surface area contributed by atoms with E-state index in [9.17, 15) is 24.0 Å². The van der Waals surface area contributed by atoms with Gasteiger partial charge in [-0.1, -0.05) is 0 Å². The number of carbonyl (C=O) groups is 3. The number of hydrogen-bond donors (Lipinski definition) is 2. The number of H-pyrrole nitrogens is 2. The Balaban J connectivity index is 2.06. The van der Waals surface area contributed by atoms with Gasteiger partial charge in [0, 0.05) is 20.8 Å². The molecule has 29 heavy (non-hydrogen) atoms. The number of aromatic nitrogens is 4. The Labute approximate surface area is 161 Å². The number of imidazole rings is 1. The van der Waals surface area contributed by atoms with Crippen LogP contribution in [0.4, 0.5) is 0 Å². The molecule has 0 amide bonds. The van der Waals surface area contributed by atoms with Crippen molar-refractivity contribution in [3.63, 3.8) is 0 Å². The van der Waals surface area contributed by atoms with Crippen molar-refractivity contribution in [3.05, 3.63) is 27.2 Å². The van der Waals surface area contributed by atoms with Crippen molar-refractivity contribution in [1.82, 2.24) is 19.5 Å². The van der Waals surface area contributed by atoms with Crippen LogP contribution in [-0.4, -0.2) is 62.3 Å². The third-order valence-electron chi connectivity index (χ3n) is 4.08. The maximum Gasteiger partial charge on any atom is 0.327 e. The van der Waals surface area contributed by atoms with Gasteiger partial charge >= 0.3 is 23.6 Å². The van der Waals surface area contributed by atoms with Gasteiger partial charge in [-0.05, 0) is 0 Å². The van der Waals surface area contributed by atoms with Gasteiger partial charge in [0.15, 0.2) is 24.0 Å². The third-order valence-corrected chi connectivity index (χ3v) is 4.08. The van der Waals surface area contributed by atoms with Crippen LogP contribution in [0.2, 0.25) is 0 Å². The smallest absolute Gasteiger partial charge is 0.327 e. The molecule has 0 aromatic carbocycles. The largest absolute Gasteiger partial charge is 0.463 e. The van der Waals surface area contributed by atoms with E-state index in [4.69, 9.17) is 18.9 Å². The molecule has 0 radical (unpaired) electrons. The molecule has 0 spiro atoms. The maximum absolute atomic E-state index is 11.9. The molecule has 2 aromatic heterocycles. The number of carbonyl (C=O) groups excluding carboxylic acids is 3. The lowest BCUT2D eigenvalue weighted by Crippen LogP contribution is -2.40. The van der Waals surface area contributed by atoms with Gasteiger partial charge < -0.3 is 18.9 Å². The Kier molecular flexibility index (Phi) is 5.50. The normalized spacial score (nSPS) is 23.7. The molecule has 1 aliphatic rings. The zero-order chi connectivity index (χ0) is 21.3. The molecule has 0 unspecified atom stereocenters. The molecule has 0 aliphatic carbocycles. The lowest BCUT2D eigenvalue weighted by molar-refractivity contribution is -0.166. The summed E-state index contributed by atoms with van der Waals surface area (Å²) in [6.07, 6.45) is -3.20. The fraction of sp³-hybridized carbons (Fsp3) is 0.500. The summed E-state index contributed by atoms with van der Waals surface area (Å²) in [5.74, 6) is -1.96. The molecule has 2 N–H and O–H groups in total. The highest BCUT2D eigenvalue weighted by Crippen LogP contribution is 2.35. The van der Waals surface area contributed by atoms with Crippen molar-refractivity contribution >= 4 is 29.1 Å². The molecule has 4 atom stereocenters. The summed E-state index contributed by atoms with van der Waals surface area (Å²) in [5, 5.41) is 0. The van der Waals surface area contributed by atoms with E-state index >= 15 is 0 Å². The summed E-state index contributed by atoms with van der Waals surface area (Å²) in [7, 11) is 0. The Morgan fingerprint density at radius 3 is 2.34 bits per heavy atom. The zero-order valence-corrected chi connectivity index (χ0v) is 15.7. The molecule has 1 saturated heterocycles. The summed E-state index contributed by atoms with van der Waals surface area (Å²) < 4.78 is 22.6. The summed E-state index contributed by atoms with van der Waals surface area (Å²) in [6.45, 7) is 3.22. The second-order valence-electron chi connectivity index (χ2n) is 6.27. The molecule has 13 heteroatoms. The number of nitrogens with zero attached hydrogens (tertiary/aromatic N) is 2. The Hall–Kier alpha value is -3.48. The van der Waals surface area contributed by atoms with E-state index in [2.05, 4.69) is 9.97 Å². The summed E-state index contributed by atoms with van der Waals surface area (Å²) in [6, 6.07) is 0. The first kappa shape index (κ1) is 20.3. The molecule has 3 rings (SSSR count). The van der Waals surface area contributed by atoms with Crippen LogP contribution in [-0.2, 0) is 33.3 Å². The number of esters is 3. The lowest BCUT2D eigenvalue weighted by atomic mass is 10.1. The van der Waals surface area contributed by atoms with Crippen LogP contribution < -0.4 is 11.2 Å². The average molecular weight is 410 g/mol. The van der Waals surface area contributed by atoms with Gasteiger partial charge in [0.25, 0.3) is 5.56 Å². The van der Waals surface area contributed by atoms with Crippen LogP contribution in [0, 0.1) is 0 Å². The van der Waals surface area contributed by atoms with Crippen LogP contribution in [0.1, 0.15) is 27.0 Å². The van der Waals surface area contributed by atoms with Crippen LogP contribution in [0.15, 0.2) is 15.9 Å². The molecule has 0 saturated carbocycles. The third kappa shape index (κ3) is 4.18. The molecule has 3 heterocycles. The highest BCUT2D eigenvalue weighted by atomic mass is 16.7. The number of fused-ring (bicyclic) bond motifs is 1. The molecule has 0 bridgehead atoms. The second kappa shape index (κ2) is 7.87. The molecule has 156 valence electrons. The SMILES string of the molecule is CC(=O)OC[C@H]1O[C@@H](n2cnc3c(=O)[nH]c(=O)[nH]c32)[C@@H](OC(C)=O)[C@@H]1OC(C)=O. The summed E-state index contributed by atoms with van der Waals surface area (Å²) in [5.41, 5.74) is -1.57. The molecule has 1 fully saturated rings. The fourth-order valence-corrected chi connectivity index (χ4v) is 3.06. The van der Waals surface area contributed by atoms with E-state index in [1.165, 1.54) is 17.8 Å². The quantitative estimate of drug-likeness (QED) is 0.447. The van der Waals surface area contributed by atoms with Gasteiger partial charge in [-0.3, -0.25) is 33.7 Å². The van der Waals surface area contributed by atoms with Crippen molar-refractivity contribution in [2.45, 2.75) is 45.3 Å². The molecule has 2 aromatic rings. The highest BCUT2D eigenvalue weighted by Gasteiger charge is 2.51. The average Bonchev–Trinajstić information content (AvgIpc) is 3.15. The summed E-state index contributed by atoms with van der Waals surface area (Å²) in [4.78, 5) is 66.4. The minimum absolute atomic E-state index is 0.00983. The number of hydrogen-bond acceptors (Lipinski definition) is 10. The molecule has 13 nitrogen and oxygen atoms in total. The predicted octanol–water partition coefficient (Wildman–Crippen LogP) is -1.26. The highest BCUT2D eigenvalue weighted by molar-refractivity contribution is 5.70. The maximum atomic E-state index is 11.9. The van der Waals surface area contributed by atoms with Crippen molar-refractivity contribution in [2.75, 3.05) is 6.61 Å². The Morgan fingerprint density at radius 1 is 1.07 bits per heavy atom. The van der Waals surface area contributed by atoms with Gasteiger partial charge in [0.1, 0.15) is 18.4 Å². The van der Waals surface area contributed by atoms with Crippen LogP contribution in [0.25, 0.3) is 11.2 Å². The Bertz CT molecular complexity index is 1070. The van der Waals surface area contributed by atoms with Gasteiger partial charge in [-0.2, -0.15) is 0 Å². The van der Waals surface area contributed by atoms with Gasteiger partial charge in [0.05, 0.1) is 6.33 Å². The number of ether oxygens (including phenoxy) is 4. The van der Waals surface area contributed by atoms with Gasteiger partial charge in [-0.25, -0.2) is 9.78 Å². The fourth-order valence-electron chi connectivity index (χ4n) is 3.06. The van der Waals surface area contributed by atoms with E-state index in [0.717, 1.165) is 13.8 Å². The zero-order valence-electron chi connectivity index (χ0n) is 15.7. The van der Waals surface area contributed by atoms with Crippen molar-refractivity contribution in [2.24, 2.45) is 0 Å². The van der Waals surface area contributed by atoms with E-state index < -0.39 is 53.7 Å².